The first-order valence-electron chi connectivity index (χ1n) is 10.1. The van der Waals surface area contributed by atoms with Crippen LogP contribution in [0.3, 0.4) is 0 Å². The van der Waals surface area contributed by atoms with Crippen LogP contribution < -0.4 is 5.32 Å². The predicted molar refractivity (Wildman–Crippen MR) is 123 cm³/mol. The molecule has 0 atom stereocenters. The Morgan fingerprint density at radius 3 is 1.97 bits per heavy atom. The minimum absolute atomic E-state index is 0. The van der Waals surface area contributed by atoms with Gasteiger partial charge in [0.25, 0.3) is 0 Å². The van der Waals surface area contributed by atoms with Gasteiger partial charge < -0.3 is 10.2 Å². The fraction of sp³-hybridized carbons (Fsp3) is 0.435. The zero-order valence-corrected chi connectivity index (χ0v) is 18.4. The van der Waals surface area contributed by atoms with Crippen molar-refractivity contribution in [2.45, 2.75) is 24.8 Å². The third kappa shape index (κ3) is 5.32. The summed E-state index contributed by atoms with van der Waals surface area (Å²) >= 11 is 0. The molecule has 2 heterocycles. The third-order valence-electron chi connectivity index (χ3n) is 6.10. The summed E-state index contributed by atoms with van der Waals surface area (Å²) in [6.07, 6.45) is 1.79. The summed E-state index contributed by atoms with van der Waals surface area (Å²) in [7, 11) is 0. The number of halogens is 2. The van der Waals surface area contributed by atoms with E-state index in [9.17, 15) is 4.79 Å². The van der Waals surface area contributed by atoms with Crippen molar-refractivity contribution in [1.82, 2.24) is 15.1 Å². The van der Waals surface area contributed by atoms with Gasteiger partial charge in [-0.2, -0.15) is 0 Å². The first-order chi connectivity index (χ1) is 13.3. The number of piperidine rings is 1. The average Bonchev–Trinajstić information content (AvgIpc) is 2.76. The summed E-state index contributed by atoms with van der Waals surface area (Å²) in [5.41, 5.74) is 2.16. The molecule has 2 fully saturated rings. The summed E-state index contributed by atoms with van der Waals surface area (Å²) < 4.78 is 0. The Kier molecular flexibility index (Phi) is 8.97. The highest BCUT2D eigenvalue weighted by Crippen LogP contribution is 2.38. The van der Waals surface area contributed by atoms with Gasteiger partial charge in [0, 0.05) is 32.7 Å². The Morgan fingerprint density at radius 2 is 1.38 bits per heavy atom. The van der Waals surface area contributed by atoms with Gasteiger partial charge in [-0.15, -0.1) is 24.8 Å². The second kappa shape index (κ2) is 11.0. The van der Waals surface area contributed by atoms with Gasteiger partial charge in [0.1, 0.15) is 0 Å². The number of carbonyl (C=O) groups excluding carboxylic acids is 1. The maximum absolute atomic E-state index is 13.6. The minimum Gasteiger partial charge on any atom is -0.339 e. The normalized spacial score (nSPS) is 19.0. The number of benzene rings is 2. The van der Waals surface area contributed by atoms with Crippen LogP contribution in [0.25, 0.3) is 0 Å². The summed E-state index contributed by atoms with van der Waals surface area (Å²) in [6, 6.07) is 21.1. The molecule has 0 aromatic heterocycles. The van der Waals surface area contributed by atoms with Crippen LogP contribution in [-0.4, -0.2) is 55.0 Å². The second-order valence-electron chi connectivity index (χ2n) is 7.75. The van der Waals surface area contributed by atoms with E-state index < -0.39 is 0 Å². The number of nitrogens with one attached hydrogen (secondary N) is 1. The molecular formula is C23H31Cl2N3O. The van der Waals surface area contributed by atoms with Crippen LogP contribution in [0, 0.1) is 0 Å². The fourth-order valence-electron chi connectivity index (χ4n) is 4.49. The smallest absolute Gasteiger partial charge is 0.233 e. The summed E-state index contributed by atoms with van der Waals surface area (Å²) in [6.45, 7) is 6.33. The lowest BCUT2D eigenvalue weighted by atomic mass is 9.71. The minimum atomic E-state index is -0.369. The third-order valence-corrected chi connectivity index (χ3v) is 6.10. The number of amides is 1. The SMILES string of the molecule is Cl.Cl.O=C(N1CCNCC1)C1(c2ccccc2)CCN(Cc2ccccc2)CC1. The molecule has 158 valence electrons. The van der Waals surface area contributed by atoms with E-state index in [1.807, 2.05) is 6.07 Å². The molecule has 4 nitrogen and oxygen atoms in total. The number of hydrogen-bond donors (Lipinski definition) is 1. The first kappa shape index (κ1) is 23.7. The number of hydrogen-bond acceptors (Lipinski definition) is 3. The Balaban J connectivity index is 0.00000150. The van der Waals surface area contributed by atoms with Crippen LogP contribution in [0.5, 0.6) is 0 Å². The standard InChI is InChI=1S/C23H29N3O.2ClH/c27-22(26-17-13-24-14-18-26)23(21-9-5-2-6-10-21)11-15-25(16-12-23)19-20-7-3-1-4-8-20;;/h1-10,24H,11-19H2;2*1H. The predicted octanol–water partition coefficient (Wildman–Crippen LogP) is 3.50. The molecule has 29 heavy (non-hydrogen) atoms. The fourth-order valence-corrected chi connectivity index (χ4v) is 4.49. The molecule has 0 unspecified atom stereocenters. The van der Waals surface area contributed by atoms with Gasteiger partial charge in [0.05, 0.1) is 5.41 Å². The van der Waals surface area contributed by atoms with Crippen LogP contribution in [-0.2, 0) is 16.8 Å². The quantitative estimate of drug-likeness (QED) is 0.797. The Bertz CT molecular complexity index is 743. The molecule has 2 aliphatic heterocycles. The Morgan fingerprint density at radius 1 is 0.828 bits per heavy atom. The molecule has 1 amide bonds. The highest BCUT2D eigenvalue weighted by Gasteiger charge is 2.45. The lowest BCUT2D eigenvalue weighted by molar-refractivity contribution is -0.140. The molecular weight excluding hydrogens is 405 g/mol. The molecule has 1 N–H and O–H groups in total. The van der Waals surface area contributed by atoms with Crippen molar-refractivity contribution in [3.05, 3.63) is 71.8 Å². The van der Waals surface area contributed by atoms with E-state index in [1.54, 1.807) is 0 Å². The van der Waals surface area contributed by atoms with Crippen LogP contribution in [0.4, 0.5) is 0 Å². The lowest BCUT2D eigenvalue weighted by Gasteiger charge is -2.44. The van der Waals surface area contributed by atoms with Crippen molar-refractivity contribution in [3.63, 3.8) is 0 Å². The van der Waals surface area contributed by atoms with E-state index in [4.69, 9.17) is 0 Å². The summed E-state index contributed by atoms with van der Waals surface area (Å²) in [4.78, 5) is 18.2. The molecule has 0 spiro atoms. The van der Waals surface area contributed by atoms with Gasteiger partial charge in [-0.05, 0) is 37.1 Å². The van der Waals surface area contributed by atoms with Crippen LogP contribution in [0.1, 0.15) is 24.0 Å². The monoisotopic (exact) mass is 435 g/mol. The van der Waals surface area contributed by atoms with E-state index in [2.05, 4.69) is 69.7 Å². The van der Waals surface area contributed by atoms with E-state index in [0.29, 0.717) is 5.91 Å². The van der Waals surface area contributed by atoms with Crippen molar-refractivity contribution in [1.29, 1.82) is 0 Å². The molecule has 0 saturated carbocycles. The van der Waals surface area contributed by atoms with Gasteiger partial charge in [-0.1, -0.05) is 60.7 Å². The van der Waals surface area contributed by atoms with Crippen LogP contribution in [0.15, 0.2) is 60.7 Å². The zero-order chi connectivity index (χ0) is 18.5. The average molecular weight is 436 g/mol. The molecule has 2 saturated heterocycles. The number of rotatable bonds is 4. The summed E-state index contributed by atoms with van der Waals surface area (Å²) in [5, 5.41) is 3.36. The number of carbonyl (C=O) groups is 1. The molecule has 0 radical (unpaired) electrons. The number of likely N-dealkylation sites (tertiary alicyclic amines) is 1. The largest absolute Gasteiger partial charge is 0.339 e. The van der Waals surface area contributed by atoms with Crippen LogP contribution >= 0.6 is 24.8 Å². The zero-order valence-electron chi connectivity index (χ0n) is 16.8. The van der Waals surface area contributed by atoms with Crippen molar-refractivity contribution in [2.75, 3.05) is 39.3 Å². The Hall–Kier alpha value is -1.59. The number of piperazine rings is 1. The lowest BCUT2D eigenvalue weighted by Crippen LogP contribution is -2.56. The maximum atomic E-state index is 13.6. The van der Waals surface area contributed by atoms with Gasteiger partial charge in [0.2, 0.25) is 5.91 Å². The highest BCUT2D eigenvalue weighted by atomic mass is 35.5. The maximum Gasteiger partial charge on any atom is 0.233 e. The van der Waals surface area contributed by atoms with Gasteiger partial charge in [-0.25, -0.2) is 0 Å². The van der Waals surface area contributed by atoms with Gasteiger partial charge >= 0.3 is 0 Å². The van der Waals surface area contributed by atoms with Gasteiger partial charge in [-0.3, -0.25) is 9.69 Å². The van der Waals surface area contributed by atoms with Gasteiger partial charge in [0.15, 0.2) is 0 Å². The van der Waals surface area contributed by atoms with Crippen molar-refractivity contribution in [3.8, 4) is 0 Å². The first-order valence-corrected chi connectivity index (χ1v) is 10.1. The molecule has 2 aromatic carbocycles. The van der Waals surface area contributed by atoms with E-state index in [1.165, 1.54) is 11.1 Å². The van der Waals surface area contributed by atoms with E-state index in [0.717, 1.165) is 58.7 Å². The number of nitrogens with zero attached hydrogens (tertiary/aromatic N) is 2. The van der Waals surface area contributed by atoms with E-state index >= 15 is 0 Å². The molecule has 0 aliphatic carbocycles. The van der Waals surface area contributed by atoms with E-state index in [-0.39, 0.29) is 30.2 Å². The molecule has 4 rings (SSSR count). The molecule has 2 aromatic rings. The molecule has 6 heteroatoms. The second-order valence-corrected chi connectivity index (χ2v) is 7.75. The highest BCUT2D eigenvalue weighted by molar-refractivity contribution is 5.88. The van der Waals surface area contributed by atoms with Crippen LogP contribution in [0.2, 0.25) is 0 Å². The molecule has 0 bridgehead atoms. The molecule has 2 aliphatic rings. The van der Waals surface area contributed by atoms with Crippen molar-refractivity contribution in [2.24, 2.45) is 0 Å². The summed E-state index contributed by atoms with van der Waals surface area (Å²) in [5.74, 6) is 0.328. The Labute approximate surface area is 186 Å². The van der Waals surface area contributed by atoms with Crippen molar-refractivity contribution < 1.29 is 4.79 Å². The van der Waals surface area contributed by atoms with Crippen molar-refractivity contribution >= 4 is 30.7 Å². The topological polar surface area (TPSA) is 35.6 Å².